The van der Waals surface area contributed by atoms with Crippen molar-refractivity contribution in [1.82, 2.24) is 4.98 Å². The van der Waals surface area contributed by atoms with Gasteiger partial charge >= 0.3 is 0 Å². The minimum absolute atomic E-state index is 0.0124. The molecule has 1 heterocycles. The SMILES string of the molecule is NC(=O)c1cc(F)c(N[C@H]2CC[C@H](N)CC2)nc1OCCO. The van der Waals surface area contributed by atoms with Gasteiger partial charge in [-0.2, -0.15) is 4.98 Å². The molecule has 0 atom stereocenters. The molecule has 0 aromatic carbocycles. The quantitative estimate of drug-likeness (QED) is 0.602. The Kier molecular flexibility index (Phi) is 5.51. The number of anilines is 1. The summed E-state index contributed by atoms with van der Waals surface area (Å²) < 4.78 is 19.2. The zero-order chi connectivity index (χ0) is 16.1. The number of nitrogens with zero attached hydrogens (tertiary/aromatic N) is 1. The molecule has 0 radical (unpaired) electrons. The van der Waals surface area contributed by atoms with E-state index in [2.05, 4.69) is 10.3 Å². The molecule has 0 aliphatic heterocycles. The highest BCUT2D eigenvalue weighted by atomic mass is 19.1. The molecule has 1 amide bonds. The molecule has 1 fully saturated rings. The Bertz CT molecular complexity index is 533. The number of nitrogens with two attached hydrogens (primary N) is 2. The third-order valence-corrected chi connectivity index (χ3v) is 3.65. The summed E-state index contributed by atoms with van der Waals surface area (Å²) in [4.78, 5) is 15.3. The largest absolute Gasteiger partial charge is 0.475 e. The summed E-state index contributed by atoms with van der Waals surface area (Å²) in [6.07, 6.45) is 3.39. The minimum Gasteiger partial charge on any atom is -0.475 e. The molecular weight excluding hydrogens is 291 g/mol. The third-order valence-electron chi connectivity index (χ3n) is 3.65. The van der Waals surface area contributed by atoms with Crippen molar-refractivity contribution in [2.24, 2.45) is 11.5 Å². The van der Waals surface area contributed by atoms with Gasteiger partial charge < -0.3 is 26.6 Å². The maximum atomic E-state index is 14.1. The Labute approximate surface area is 127 Å². The average Bonchev–Trinajstić information content (AvgIpc) is 2.49. The smallest absolute Gasteiger partial charge is 0.254 e. The molecule has 2 rings (SSSR count). The molecule has 1 aliphatic carbocycles. The number of carbonyl (C=O) groups excluding carboxylic acids is 1. The molecule has 122 valence electrons. The van der Waals surface area contributed by atoms with Crippen molar-refractivity contribution in [3.05, 3.63) is 17.4 Å². The van der Waals surface area contributed by atoms with Gasteiger partial charge in [-0.15, -0.1) is 0 Å². The van der Waals surface area contributed by atoms with Gasteiger partial charge in [0, 0.05) is 12.1 Å². The monoisotopic (exact) mass is 312 g/mol. The van der Waals surface area contributed by atoms with Crippen LogP contribution in [0, 0.1) is 5.82 Å². The van der Waals surface area contributed by atoms with E-state index < -0.39 is 11.7 Å². The van der Waals surface area contributed by atoms with Gasteiger partial charge in [-0.3, -0.25) is 4.79 Å². The number of amides is 1. The van der Waals surface area contributed by atoms with Crippen LogP contribution in [0.25, 0.3) is 0 Å². The van der Waals surface area contributed by atoms with Crippen LogP contribution < -0.4 is 21.5 Å². The van der Waals surface area contributed by atoms with Crippen molar-refractivity contribution in [3.63, 3.8) is 0 Å². The fourth-order valence-corrected chi connectivity index (χ4v) is 2.46. The van der Waals surface area contributed by atoms with Gasteiger partial charge in [0.25, 0.3) is 5.91 Å². The highest BCUT2D eigenvalue weighted by molar-refractivity contribution is 5.95. The van der Waals surface area contributed by atoms with Crippen LogP contribution >= 0.6 is 0 Å². The number of aliphatic hydroxyl groups is 1. The van der Waals surface area contributed by atoms with Crippen LogP contribution in [0.15, 0.2) is 6.07 Å². The Balaban J connectivity index is 2.18. The maximum Gasteiger partial charge on any atom is 0.254 e. The molecule has 0 unspecified atom stereocenters. The lowest BCUT2D eigenvalue weighted by molar-refractivity contribution is 0.0993. The first-order valence-corrected chi connectivity index (χ1v) is 7.27. The number of ether oxygens (including phenoxy) is 1. The summed E-state index contributed by atoms with van der Waals surface area (Å²) in [6, 6.07) is 1.27. The van der Waals surface area contributed by atoms with E-state index in [9.17, 15) is 9.18 Å². The number of primary amides is 1. The van der Waals surface area contributed by atoms with Crippen molar-refractivity contribution < 1.29 is 19.0 Å². The Morgan fingerprint density at radius 3 is 2.73 bits per heavy atom. The molecule has 1 aliphatic rings. The fourth-order valence-electron chi connectivity index (χ4n) is 2.46. The van der Waals surface area contributed by atoms with Crippen LogP contribution in [0.2, 0.25) is 0 Å². The van der Waals surface area contributed by atoms with Crippen molar-refractivity contribution in [3.8, 4) is 5.88 Å². The maximum absolute atomic E-state index is 14.1. The molecule has 1 aromatic rings. The lowest BCUT2D eigenvalue weighted by atomic mass is 9.92. The van der Waals surface area contributed by atoms with Gasteiger partial charge in [-0.1, -0.05) is 0 Å². The zero-order valence-corrected chi connectivity index (χ0v) is 12.2. The van der Waals surface area contributed by atoms with E-state index in [1.54, 1.807) is 0 Å². The highest BCUT2D eigenvalue weighted by Gasteiger charge is 2.22. The summed E-state index contributed by atoms with van der Waals surface area (Å²) in [5.74, 6) is -1.58. The third kappa shape index (κ3) is 4.05. The number of rotatable bonds is 6. The second-order valence-electron chi connectivity index (χ2n) is 5.36. The van der Waals surface area contributed by atoms with Crippen molar-refractivity contribution >= 4 is 11.7 Å². The molecule has 8 heteroatoms. The van der Waals surface area contributed by atoms with Crippen LogP contribution in [0.5, 0.6) is 5.88 Å². The second-order valence-corrected chi connectivity index (χ2v) is 5.36. The molecule has 6 N–H and O–H groups in total. The summed E-state index contributed by atoms with van der Waals surface area (Å²) in [5, 5.41) is 11.8. The van der Waals surface area contributed by atoms with Gasteiger partial charge in [-0.05, 0) is 31.7 Å². The lowest BCUT2D eigenvalue weighted by Crippen LogP contribution is -2.33. The van der Waals surface area contributed by atoms with Crippen molar-refractivity contribution in [1.29, 1.82) is 0 Å². The van der Waals surface area contributed by atoms with Gasteiger partial charge in [0.15, 0.2) is 11.6 Å². The molecule has 22 heavy (non-hydrogen) atoms. The van der Waals surface area contributed by atoms with E-state index >= 15 is 0 Å². The normalized spacial score (nSPS) is 21.4. The number of hydrogen-bond donors (Lipinski definition) is 4. The zero-order valence-electron chi connectivity index (χ0n) is 12.2. The average molecular weight is 312 g/mol. The van der Waals surface area contributed by atoms with Crippen LogP contribution in [0.1, 0.15) is 36.0 Å². The van der Waals surface area contributed by atoms with Crippen molar-refractivity contribution in [2.75, 3.05) is 18.5 Å². The van der Waals surface area contributed by atoms with Gasteiger partial charge in [-0.25, -0.2) is 4.39 Å². The Morgan fingerprint density at radius 1 is 1.45 bits per heavy atom. The second kappa shape index (κ2) is 7.37. The Hall–Kier alpha value is -1.93. The predicted octanol–water partition coefficient (Wildman–Crippen LogP) is 0.372. The van der Waals surface area contributed by atoms with Crippen LogP contribution in [0.3, 0.4) is 0 Å². The van der Waals surface area contributed by atoms with E-state index in [0.717, 1.165) is 31.7 Å². The topological polar surface area (TPSA) is 123 Å². The van der Waals surface area contributed by atoms with Crippen LogP contribution in [0.4, 0.5) is 10.2 Å². The summed E-state index contributed by atoms with van der Waals surface area (Å²) >= 11 is 0. The van der Waals surface area contributed by atoms with Crippen LogP contribution in [-0.4, -0.2) is 41.3 Å². The summed E-state index contributed by atoms with van der Waals surface area (Å²) in [6.45, 7) is -0.308. The minimum atomic E-state index is -0.838. The van der Waals surface area contributed by atoms with Crippen molar-refractivity contribution in [2.45, 2.75) is 37.8 Å². The molecule has 0 saturated heterocycles. The number of aromatic nitrogens is 1. The first kappa shape index (κ1) is 16.4. The van der Waals surface area contributed by atoms with E-state index in [0.29, 0.717) is 0 Å². The van der Waals surface area contributed by atoms with E-state index in [4.69, 9.17) is 21.3 Å². The number of carbonyl (C=O) groups is 1. The number of pyridine rings is 1. The lowest BCUT2D eigenvalue weighted by Gasteiger charge is -2.27. The van der Waals surface area contributed by atoms with Crippen LogP contribution in [-0.2, 0) is 0 Å². The predicted molar refractivity (Wildman–Crippen MR) is 79.1 cm³/mol. The number of nitrogens with one attached hydrogen (secondary N) is 1. The van der Waals surface area contributed by atoms with E-state index in [1.807, 2.05) is 0 Å². The first-order valence-electron chi connectivity index (χ1n) is 7.27. The molecule has 0 spiro atoms. The van der Waals surface area contributed by atoms with E-state index in [1.165, 1.54) is 0 Å². The van der Waals surface area contributed by atoms with Gasteiger partial charge in [0.1, 0.15) is 12.2 Å². The van der Waals surface area contributed by atoms with E-state index in [-0.39, 0.29) is 42.6 Å². The molecule has 1 saturated carbocycles. The summed E-state index contributed by atoms with van der Waals surface area (Å²) in [7, 11) is 0. The number of aliphatic hydroxyl groups excluding tert-OH is 1. The summed E-state index contributed by atoms with van der Waals surface area (Å²) in [5.41, 5.74) is 10.9. The van der Waals surface area contributed by atoms with Gasteiger partial charge in [0.2, 0.25) is 5.88 Å². The number of hydrogen-bond acceptors (Lipinski definition) is 6. The molecule has 1 aromatic heterocycles. The molecule has 0 bridgehead atoms. The van der Waals surface area contributed by atoms with Gasteiger partial charge in [0.05, 0.1) is 6.61 Å². The molecule has 7 nitrogen and oxygen atoms in total. The first-order chi connectivity index (χ1) is 10.5. The highest BCUT2D eigenvalue weighted by Crippen LogP contribution is 2.26. The number of halogens is 1. The Morgan fingerprint density at radius 2 is 2.14 bits per heavy atom. The fraction of sp³-hybridized carbons (Fsp3) is 0.571. The standard InChI is InChI=1S/C14H21FN4O3/c15-11-7-10(12(17)21)14(22-6-5-20)19-13(11)18-9-3-1-8(16)2-4-9/h7-9,20H,1-6,16H2,(H2,17,21)(H,18,19)/t8-,9-. The molecular formula is C14H21FN4O3.